The molecule has 0 saturated heterocycles. The molecule has 1 rings (SSSR count). The van der Waals surface area contributed by atoms with Crippen LogP contribution in [0.25, 0.3) is 0 Å². The van der Waals surface area contributed by atoms with Crippen molar-refractivity contribution in [2.75, 3.05) is 13.6 Å². The summed E-state index contributed by atoms with van der Waals surface area (Å²) in [6.07, 6.45) is 0. The van der Waals surface area contributed by atoms with Crippen LogP contribution in [0, 0.1) is 5.92 Å². The predicted molar refractivity (Wildman–Crippen MR) is 64.1 cm³/mol. The summed E-state index contributed by atoms with van der Waals surface area (Å²) in [6, 6.07) is 3.44. The second kappa shape index (κ2) is 5.09. The van der Waals surface area contributed by atoms with Gasteiger partial charge in [0.1, 0.15) is 4.21 Å². The zero-order valence-electron chi connectivity index (χ0n) is 9.23. The Morgan fingerprint density at radius 1 is 1.47 bits per heavy atom. The predicted octanol–water partition coefficient (Wildman–Crippen LogP) is 1.77. The molecular weight excluding hydrogens is 230 g/mol. The van der Waals surface area contributed by atoms with Gasteiger partial charge in [-0.15, -0.1) is 11.3 Å². The molecule has 0 radical (unpaired) electrons. The third-order valence-electron chi connectivity index (χ3n) is 2.32. The van der Waals surface area contributed by atoms with Crippen LogP contribution in [0.1, 0.15) is 13.8 Å². The van der Waals surface area contributed by atoms with Crippen molar-refractivity contribution in [1.29, 1.82) is 0 Å². The quantitative estimate of drug-likeness (QED) is 0.862. The Hall–Kier alpha value is -0.390. The van der Waals surface area contributed by atoms with Crippen molar-refractivity contribution in [2.24, 2.45) is 5.92 Å². The highest BCUT2D eigenvalue weighted by molar-refractivity contribution is 7.94. The minimum atomic E-state index is -3.16. The van der Waals surface area contributed by atoms with E-state index in [-0.39, 0.29) is 11.2 Å². The lowest BCUT2D eigenvalue weighted by Gasteiger charge is -2.19. The van der Waals surface area contributed by atoms with Crippen LogP contribution >= 0.6 is 11.3 Å². The van der Waals surface area contributed by atoms with Gasteiger partial charge in [0.15, 0.2) is 9.84 Å². The Morgan fingerprint density at radius 2 is 2.13 bits per heavy atom. The van der Waals surface area contributed by atoms with Gasteiger partial charge in [0, 0.05) is 6.54 Å². The first-order chi connectivity index (χ1) is 7.00. The van der Waals surface area contributed by atoms with Crippen molar-refractivity contribution < 1.29 is 8.42 Å². The lowest BCUT2D eigenvalue weighted by atomic mass is 10.1. The Balaban J connectivity index is 3.02. The summed E-state index contributed by atoms with van der Waals surface area (Å²) in [4.78, 5) is 0. The third kappa shape index (κ3) is 2.80. The van der Waals surface area contributed by atoms with Gasteiger partial charge in [-0.25, -0.2) is 8.42 Å². The third-order valence-corrected chi connectivity index (χ3v) is 6.18. The summed E-state index contributed by atoms with van der Waals surface area (Å²) in [5.74, 6) is 0.115. The second-order valence-corrected chi connectivity index (χ2v) is 7.16. The Labute approximate surface area is 95.4 Å². The van der Waals surface area contributed by atoms with Gasteiger partial charge in [0.25, 0.3) is 0 Å². The molecule has 0 spiro atoms. The minimum absolute atomic E-state index is 0.115. The normalized spacial score (nSPS) is 14.4. The maximum atomic E-state index is 12.2. The van der Waals surface area contributed by atoms with Crippen LogP contribution in [0.3, 0.4) is 0 Å². The molecule has 0 aliphatic carbocycles. The topological polar surface area (TPSA) is 46.2 Å². The van der Waals surface area contributed by atoms with Crippen molar-refractivity contribution in [3.8, 4) is 0 Å². The van der Waals surface area contributed by atoms with E-state index in [2.05, 4.69) is 5.32 Å². The van der Waals surface area contributed by atoms with Gasteiger partial charge in [-0.05, 0) is 24.4 Å². The summed E-state index contributed by atoms with van der Waals surface area (Å²) >= 11 is 1.29. The highest BCUT2D eigenvalue weighted by atomic mass is 32.2. The molecule has 0 fully saturated rings. The van der Waals surface area contributed by atoms with Crippen LogP contribution in [0.4, 0.5) is 0 Å². The van der Waals surface area contributed by atoms with Crippen LogP contribution in [0.2, 0.25) is 0 Å². The molecule has 1 N–H and O–H groups in total. The smallest absolute Gasteiger partial charge is 0.192 e. The van der Waals surface area contributed by atoms with E-state index in [1.54, 1.807) is 24.6 Å². The largest absolute Gasteiger partial charge is 0.318 e. The zero-order chi connectivity index (χ0) is 11.5. The Morgan fingerprint density at radius 3 is 2.53 bits per heavy atom. The van der Waals surface area contributed by atoms with Crippen molar-refractivity contribution in [3.05, 3.63) is 17.5 Å². The monoisotopic (exact) mass is 247 g/mol. The molecule has 3 nitrogen and oxygen atoms in total. The Kier molecular flexibility index (Phi) is 4.31. The first-order valence-electron chi connectivity index (χ1n) is 4.92. The lowest BCUT2D eigenvalue weighted by molar-refractivity contribution is 0.518. The van der Waals surface area contributed by atoms with Crippen molar-refractivity contribution in [1.82, 2.24) is 5.32 Å². The van der Waals surface area contributed by atoms with Gasteiger partial charge in [-0.2, -0.15) is 0 Å². The molecule has 1 aromatic rings. The van der Waals surface area contributed by atoms with Crippen LogP contribution in [0.5, 0.6) is 0 Å². The van der Waals surface area contributed by atoms with Gasteiger partial charge in [0.05, 0.1) is 5.25 Å². The number of rotatable bonds is 5. The van der Waals surface area contributed by atoms with E-state index in [4.69, 9.17) is 0 Å². The van der Waals surface area contributed by atoms with Crippen molar-refractivity contribution in [2.45, 2.75) is 23.3 Å². The zero-order valence-corrected chi connectivity index (χ0v) is 10.9. The molecule has 1 atom stereocenters. The highest BCUT2D eigenvalue weighted by Crippen LogP contribution is 2.24. The number of hydrogen-bond acceptors (Lipinski definition) is 4. The maximum absolute atomic E-state index is 12.2. The SMILES string of the molecule is CNCC(C(C)C)S(=O)(=O)c1cccs1. The van der Waals surface area contributed by atoms with Crippen LogP contribution in [-0.2, 0) is 9.84 Å². The molecule has 0 saturated carbocycles. The summed E-state index contributed by atoms with van der Waals surface area (Å²) in [6.45, 7) is 4.37. The van der Waals surface area contributed by atoms with E-state index in [9.17, 15) is 8.42 Å². The van der Waals surface area contributed by atoms with Crippen LogP contribution < -0.4 is 5.32 Å². The first-order valence-corrected chi connectivity index (χ1v) is 7.34. The highest BCUT2D eigenvalue weighted by Gasteiger charge is 2.30. The molecule has 0 aliphatic heterocycles. The summed E-state index contributed by atoms with van der Waals surface area (Å²) in [5.41, 5.74) is 0. The fourth-order valence-corrected chi connectivity index (χ4v) is 4.67. The molecule has 1 unspecified atom stereocenters. The van der Waals surface area contributed by atoms with E-state index in [0.29, 0.717) is 10.8 Å². The van der Waals surface area contributed by atoms with E-state index < -0.39 is 9.84 Å². The van der Waals surface area contributed by atoms with E-state index in [0.717, 1.165) is 0 Å². The van der Waals surface area contributed by atoms with E-state index in [1.807, 2.05) is 13.8 Å². The van der Waals surface area contributed by atoms with Crippen LogP contribution in [-0.4, -0.2) is 27.3 Å². The van der Waals surface area contributed by atoms with Crippen LogP contribution in [0.15, 0.2) is 21.7 Å². The summed E-state index contributed by atoms with van der Waals surface area (Å²) in [5, 5.41) is 4.39. The standard InChI is InChI=1S/C10H17NO2S2/c1-8(2)9(7-11-3)15(12,13)10-5-4-6-14-10/h4-6,8-9,11H,7H2,1-3H3. The average molecular weight is 247 g/mol. The molecule has 0 aromatic carbocycles. The Bertz CT molecular complexity index is 382. The molecule has 1 heterocycles. The fraction of sp³-hybridized carbons (Fsp3) is 0.600. The molecule has 0 amide bonds. The van der Waals surface area contributed by atoms with Gasteiger partial charge in [-0.3, -0.25) is 0 Å². The summed E-state index contributed by atoms with van der Waals surface area (Å²) < 4.78 is 24.9. The van der Waals surface area contributed by atoms with Crippen molar-refractivity contribution >= 4 is 21.2 Å². The first kappa shape index (κ1) is 12.7. The molecule has 1 aromatic heterocycles. The molecule has 0 aliphatic rings. The number of sulfone groups is 1. The second-order valence-electron chi connectivity index (χ2n) is 3.82. The minimum Gasteiger partial charge on any atom is -0.318 e. The average Bonchev–Trinajstić information content (AvgIpc) is 2.66. The number of nitrogens with one attached hydrogen (secondary N) is 1. The van der Waals surface area contributed by atoms with E-state index >= 15 is 0 Å². The van der Waals surface area contributed by atoms with Gasteiger partial charge < -0.3 is 5.32 Å². The molecule has 5 heteroatoms. The van der Waals surface area contributed by atoms with Gasteiger partial charge in [-0.1, -0.05) is 19.9 Å². The maximum Gasteiger partial charge on any atom is 0.192 e. The van der Waals surface area contributed by atoms with E-state index in [1.165, 1.54) is 11.3 Å². The van der Waals surface area contributed by atoms with Crippen molar-refractivity contribution in [3.63, 3.8) is 0 Å². The number of hydrogen-bond donors (Lipinski definition) is 1. The molecular formula is C10H17NO2S2. The molecule has 0 bridgehead atoms. The summed E-state index contributed by atoms with van der Waals surface area (Å²) in [7, 11) is -1.39. The fourth-order valence-electron chi connectivity index (χ4n) is 1.48. The van der Waals surface area contributed by atoms with Gasteiger partial charge in [0.2, 0.25) is 0 Å². The molecule has 15 heavy (non-hydrogen) atoms. The lowest BCUT2D eigenvalue weighted by Crippen LogP contribution is -2.35. The number of thiophene rings is 1. The van der Waals surface area contributed by atoms with Gasteiger partial charge >= 0.3 is 0 Å². The molecule has 86 valence electrons.